The first-order valence-corrected chi connectivity index (χ1v) is 11.1. The third-order valence-corrected chi connectivity index (χ3v) is 6.43. The molecule has 0 radical (unpaired) electrons. The molecule has 4 aromatic rings. The maximum atomic E-state index is 12.4. The van der Waals surface area contributed by atoms with Gasteiger partial charge < -0.3 is 14.5 Å². The smallest absolute Gasteiger partial charge is 0.340 e. The second-order valence-electron chi connectivity index (χ2n) is 6.63. The van der Waals surface area contributed by atoms with Crippen molar-refractivity contribution >= 4 is 26.8 Å². The Morgan fingerprint density at radius 3 is 2.48 bits per heavy atom. The molecule has 158 valence electrons. The second-order valence-corrected chi connectivity index (χ2v) is 8.91. The highest BCUT2D eigenvalue weighted by Crippen LogP contribution is 2.30. The van der Waals surface area contributed by atoms with Gasteiger partial charge in [-0.2, -0.15) is 0 Å². The summed E-state index contributed by atoms with van der Waals surface area (Å²) >= 11 is 0. The van der Waals surface area contributed by atoms with E-state index in [-0.39, 0.29) is 16.2 Å². The number of aromatic amines is 1. The van der Waals surface area contributed by atoms with Gasteiger partial charge in [-0.3, -0.25) is 4.98 Å². The van der Waals surface area contributed by atoms with E-state index in [0.29, 0.717) is 34.1 Å². The Labute approximate surface area is 178 Å². The molecule has 0 bridgehead atoms. The number of H-pyrrole nitrogens is 1. The minimum atomic E-state index is -3.30. The number of hydrogen-bond acceptors (Lipinski definition) is 7. The summed E-state index contributed by atoms with van der Waals surface area (Å²) in [5.74, 6) is 0.760. The molecular formula is C22H19N3O5S. The van der Waals surface area contributed by atoms with Crippen LogP contribution < -0.4 is 4.74 Å². The summed E-state index contributed by atoms with van der Waals surface area (Å²) in [6.45, 7) is 1.59. The van der Waals surface area contributed by atoms with E-state index in [2.05, 4.69) is 15.0 Å². The van der Waals surface area contributed by atoms with Crippen molar-refractivity contribution in [1.29, 1.82) is 0 Å². The lowest BCUT2D eigenvalue weighted by Gasteiger charge is -2.09. The molecule has 9 heteroatoms. The van der Waals surface area contributed by atoms with E-state index in [1.54, 1.807) is 49.5 Å². The highest BCUT2D eigenvalue weighted by Gasteiger charge is 2.18. The number of esters is 1. The molecule has 2 aromatic carbocycles. The van der Waals surface area contributed by atoms with Gasteiger partial charge in [0.2, 0.25) is 0 Å². The lowest BCUT2D eigenvalue weighted by Crippen LogP contribution is -2.03. The van der Waals surface area contributed by atoms with E-state index in [0.717, 1.165) is 0 Å². The summed E-state index contributed by atoms with van der Waals surface area (Å²) < 4.78 is 34.7. The minimum Gasteiger partial charge on any atom is -0.465 e. The molecule has 2 heterocycles. The van der Waals surface area contributed by atoms with Crippen LogP contribution >= 0.6 is 0 Å². The fraction of sp³-hybridized carbons (Fsp3) is 0.136. The number of sulfone groups is 1. The molecule has 8 nitrogen and oxygen atoms in total. The average Bonchev–Trinajstić information content (AvgIpc) is 3.23. The molecule has 0 aliphatic rings. The van der Waals surface area contributed by atoms with Crippen molar-refractivity contribution in [2.45, 2.75) is 11.8 Å². The first-order chi connectivity index (χ1) is 14.9. The molecule has 0 atom stereocenters. The number of fused-ring (bicyclic) bond motifs is 1. The monoisotopic (exact) mass is 437 g/mol. The summed E-state index contributed by atoms with van der Waals surface area (Å²) in [5, 5.41) is 0. The SMILES string of the molecule is CCS(=O)(=O)c1ccc(Oc2cc(C(=O)OC)c3[nH]c(-c4ccccn4)nc3c2)cc1. The van der Waals surface area contributed by atoms with Gasteiger partial charge in [0, 0.05) is 12.3 Å². The topological polar surface area (TPSA) is 111 Å². The second kappa shape index (κ2) is 8.19. The number of ether oxygens (including phenoxy) is 2. The van der Waals surface area contributed by atoms with Crippen LogP contribution in [-0.4, -0.2) is 42.2 Å². The lowest BCUT2D eigenvalue weighted by molar-refractivity contribution is 0.0602. The summed E-state index contributed by atoms with van der Waals surface area (Å²) in [4.78, 5) is 24.5. The van der Waals surface area contributed by atoms with E-state index < -0.39 is 15.8 Å². The van der Waals surface area contributed by atoms with E-state index >= 15 is 0 Å². The Hall–Kier alpha value is -3.72. The van der Waals surface area contributed by atoms with Gasteiger partial charge >= 0.3 is 5.97 Å². The number of methoxy groups -OCH3 is 1. The van der Waals surface area contributed by atoms with E-state index in [1.165, 1.54) is 19.2 Å². The first kappa shape index (κ1) is 20.5. The number of aromatic nitrogens is 3. The maximum absolute atomic E-state index is 12.4. The number of nitrogens with zero attached hydrogens (tertiary/aromatic N) is 2. The normalized spacial score (nSPS) is 11.4. The van der Waals surface area contributed by atoms with Crippen molar-refractivity contribution in [3.05, 3.63) is 66.4 Å². The van der Waals surface area contributed by atoms with Gasteiger partial charge in [0.25, 0.3) is 0 Å². The molecule has 31 heavy (non-hydrogen) atoms. The number of nitrogens with one attached hydrogen (secondary N) is 1. The molecule has 4 rings (SSSR count). The number of carbonyl (C=O) groups excluding carboxylic acids is 1. The standard InChI is InChI=1S/C22H19N3O5S/c1-3-31(27,28)16-9-7-14(8-10-16)30-15-12-17(22(26)29-2)20-19(13-15)24-21(25-20)18-6-4-5-11-23-18/h4-13H,3H2,1-2H3,(H,24,25). The summed E-state index contributed by atoms with van der Waals surface area (Å²) in [5.41, 5.74) is 1.90. The number of pyridine rings is 1. The Bertz CT molecular complexity index is 1350. The van der Waals surface area contributed by atoms with Crippen LogP contribution in [0.1, 0.15) is 17.3 Å². The largest absolute Gasteiger partial charge is 0.465 e. The van der Waals surface area contributed by atoms with Crippen LogP contribution in [0, 0.1) is 0 Å². The fourth-order valence-corrected chi connectivity index (χ4v) is 3.94. The summed E-state index contributed by atoms with van der Waals surface area (Å²) in [6.07, 6.45) is 1.65. The maximum Gasteiger partial charge on any atom is 0.340 e. The van der Waals surface area contributed by atoms with E-state index in [9.17, 15) is 13.2 Å². The van der Waals surface area contributed by atoms with Crippen LogP contribution in [0.3, 0.4) is 0 Å². The van der Waals surface area contributed by atoms with Gasteiger partial charge in [0.15, 0.2) is 15.7 Å². The van der Waals surface area contributed by atoms with Crippen LogP contribution in [0.25, 0.3) is 22.6 Å². The predicted molar refractivity (Wildman–Crippen MR) is 115 cm³/mol. The molecule has 0 aliphatic heterocycles. The zero-order valence-corrected chi connectivity index (χ0v) is 17.6. The molecule has 0 fully saturated rings. The van der Waals surface area contributed by atoms with Gasteiger partial charge in [0.05, 0.1) is 34.4 Å². The molecular weight excluding hydrogens is 418 g/mol. The Morgan fingerprint density at radius 2 is 1.84 bits per heavy atom. The predicted octanol–water partition coefficient (Wildman–Crippen LogP) is 4.00. The Balaban J connectivity index is 1.73. The van der Waals surface area contributed by atoms with Crippen LogP contribution in [0.15, 0.2) is 65.7 Å². The van der Waals surface area contributed by atoms with Crippen molar-refractivity contribution in [3.8, 4) is 23.0 Å². The Morgan fingerprint density at radius 1 is 1.06 bits per heavy atom. The zero-order valence-electron chi connectivity index (χ0n) is 16.8. The lowest BCUT2D eigenvalue weighted by atomic mass is 10.1. The number of carbonyl (C=O) groups is 1. The fourth-order valence-electron chi connectivity index (χ4n) is 3.06. The number of imidazole rings is 1. The van der Waals surface area contributed by atoms with E-state index in [4.69, 9.17) is 9.47 Å². The molecule has 0 saturated heterocycles. The number of benzene rings is 2. The number of rotatable bonds is 6. The molecule has 0 amide bonds. The van der Waals surface area contributed by atoms with Crippen LogP contribution in [-0.2, 0) is 14.6 Å². The zero-order chi connectivity index (χ0) is 22.0. The van der Waals surface area contributed by atoms with Crippen LogP contribution in [0.5, 0.6) is 11.5 Å². The summed E-state index contributed by atoms with van der Waals surface area (Å²) in [7, 11) is -2.00. The van der Waals surface area contributed by atoms with Crippen molar-refractivity contribution < 1.29 is 22.7 Å². The first-order valence-electron chi connectivity index (χ1n) is 9.45. The third kappa shape index (κ3) is 4.13. The van der Waals surface area contributed by atoms with Gasteiger partial charge in [-0.15, -0.1) is 0 Å². The van der Waals surface area contributed by atoms with Crippen molar-refractivity contribution in [1.82, 2.24) is 15.0 Å². The van der Waals surface area contributed by atoms with E-state index in [1.807, 2.05) is 6.07 Å². The quantitative estimate of drug-likeness (QED) is 0.454. The third-order valence-electron chi connectivity index (χ3n) is 4.68. The van der Waals surface area contributed by atoms with Gasteiger partial charge in [0.1, 0.15) is 17.2 Å². The summed E-state index contributed by atoms with van der Waals surface area (Å²) in [6, 6.07) is 14.8. The van der Waals surface area contributed by atoms with Crippen molar-refractivity contribution in [2.24, 2.45) is 0 Å². The molecule has 0 spiro atoms. The van der Waals surface area contributed by atoms with Gasteiger partial charge in [-0.25, -0.2) is 18.2 Å². The van der Waals surface area contributed by atoms with Gasteiger partial charge in [-0.1, -0.05) is 13.0 Å². The Kier molecular flexibility index (Phi) is 5.43. The molecule has 0 saturated carbocycles. The molecule has 2 aromatic heterocycles. The molecule has 0 aliphatic carbocycles. The molecule has 0 unspecified atom stereocenters. The van der Waals surface area contributed by atoms with Crippen LogP contribution in [0.2, 0.25) is 0 Å². The van der Waals surface area contributed by atoms with Crippen LogP contribution in [0.4, 0.5) is 0 Å². The highest BCUT2D eigenvalue weighted by molar-refractivity contribution is 7.91. The van der Waals surface area contributed by atoms with Crippen molar-refractivity contribution in [3.63, 3.8) is 0 Å². The minimum absolute atomic E-state index is 0.0180. The number of hydrogen-bond donors (Lipinski definition) is 1. The van der Waals surface area contributed by atoms with Gasteiger partial charge in [-0.05, 0) is 42.5 Å². The molecule has 1 N–H and O–H groups in total. The highest BCUT2D eigenvalue weighted by atomic mass is 32.2. The average molecular weight is 437 g/mol. The van der Waals surface area contributed by atoms with Crippen molar-refractivity contribution in [2.75, 3.05) is 12.9 Å².